The second kappa shape index (κ2) is 9.30. The highest BCUT2D eigenvalue weighted by atomic mass is 19.4. The molecule has 10 heteroatoms. The summed E-state index contributed by atoms with van der Waals surface area (Å²) in [6, 6.07) is 13.6. The Morgan fingerprint density at radius 3 is 2.53 bits per heavy atom. The molecule has 34 heavy (non-hydrogen) atoms. The summed E-state index contributed by atoms with van der Waals surface area (Å²) in [7, 11) is 0. The molecule has 5 N–H and O–H groups in total. The fourth-order valence-corrected chi connectivity index (χ4v) is 4.25. The molecule has 2 atom stereocenters. The van der Waals surface area contributed by atoms with Crippen LogP contribution in [-0.2, 0) is 17.4 Å². The number of rotatable bonds is 6. The van der Waals surface area contributed by atoms with Crippen molar-refractivity contribution >= 4 is 17.7 Å². The molecule has 0 spiro atoms. The van der Waals surface area contributed by atoms with Gasteiger partial charge in [-0.05, 0) is 30.0 Å². The van der Waals surface area contributed by atoms with E-state index in [1.807, 2.05) is 4.90 Å². The van der Waals surface area contributed by atoms with E-state index in [-0.39, 0.29) is 23.9 Å². The summed E-state index contributed by atoms with van der Waals surface area (Å²) in [5.41, 5.74) is 13.3. The first-order valence-corrected chi connectivity index (χ1v) is 10.7. The van der Waals surface area contributed by atoms with Crippen LogP contribution in [0.4, 0.5) is 24.9 Å². The van der Waals surface area contributed by atoms with Crippen molar-refractivity contribution in [3.8, 4) is 11.3 Å². The van der Waals surface area contributed by atoms with E-state index in [1.54, 1.807) is 36.4 Å². The van der Waals surface area contributed by atoms with Gasteiger partial charge in [-0.15, -0.1) is 0 Å². The number of aliphatic carboxylic acids is 1. The van der Waals surface area contributed by atoms with E-state index in [0.717, 1.165) is 17.2 Å². The van der Waals surface area contributed by atoms with Crippen molar-refractivity contribution in [3.63, 3.8) is 0 Å². The minimum Gasteiger partial charge on any atom is -0.480 e. The van der Waals surface area contributed by atoms with Crippen LogP contribution in [0, 0.1) is 0 Å². The molecule has 1 fully saturated rings. The summed E-state index contributed by atoms with van der Waals surface area (Å²) in [5, 5.41) is 8.97. The van der Waals surface area contributed by atoms with Crippen molar-refractivity contribution < 1.29 is 23.1 Å². The average molecular weight is 471 g/mol. The highest BCUT2D eigenvalue weighted by Crippen LogP contribution is 2.39. The van der Waals surface area contributed by atoms with Crippen LogP contribution < -0.4 is 16.4 Å². The first kappa shape index (κ1) is 23.5. The normalized spacial score (nSPS) is 17.1. The van der Waals surface area contributed by atoms with Gasteiger partial charge in [0.1, 0.15) is 11.9 Å². The second-order valence-corrected chi connectivity index (χ2v) is 8.33. The van der Waals surface area contributed by atoms with Gasteiger partial charge in [0.05, 0.1) is 11.3 Å². The number of hydrogen-bond donors (Lipinski definition) is 3. The van der Waals surface area contributed by atoms with E-state index < -0.39 is 23.8 Å². The molecule has 7 nitrogen and oxygen atoms in total. The SMILES string of the molecule is Nc1nc(-c2ccc(C[C@H](N)C(=O)O)cc2)cc(N2CCC(c3ccccc3C(F)(F)F)C2)n1. The van der Waals surface area contributed by atoms with Crippen molar-refractivity contribution in [2.45, 2.75) is 31.0 Å². The molecule has 0 saturated carbocycles. The number of carboxylic acid groups (broad SMARTS) is 1. The highest BCUT2D eigenvalue weighted by Gasteiger charge is 2.37. The number of nitrogen functional groups attached to an aromatic ring is 1. The smallest absolute Gasteiger partial charge is 0.416 e. The Hall–Kier alpha value is -3.66. The van der Waals surface area contributed by atoms with Gasteiger partial charge in [-0.2, -0.15) is 18.2 Å². The fourth-order valence-electron chi connectivity index (χ4n) is 4.25. The summed E-state index contributed by atoms with van der Waals surface area (Å²) in [5.74, 6) is -0.746. The molecule has 3 aromatic rings. The first-order valence-electron chi connectivity index (χ1n) is 10.7. The van der Waals surface area contributed by atoms with Crippen LogP contribution in [0.2, 0.25) is 0 Å². The van der Waals surface area contributed by atoms with Gasteiger partial charge in [-0.25, -0.2) is 4.98 Å². The van der Waals surface area contributed by atoms with Gasteiger partial charge in [0.25, 0.3) is 0 Å². The zero-order valence-corrected chi connectivity index (χ0v) is 18.2. The standard InChI is InChI=1S/C24H24F3N5O2/c25-24(26,27)18-4-2-1-3-17(18)16-9-10-32(13-16)21-12-20(30-23(29)31-21)15-7-5-14(6-8-15)11-19(28)22(33)34/h1-8,12,16,19H,9-11,13,28H2,(H,33,34)(H2,29,30,31)/t16?,19-/m0/s1. The Bertz CT molecular complexity index is 1180. The summed E-state index contributed by atoms with van der Waals surface area (Å²) < 4.78 is 40.4. The number of hydrogen-bond acceptors (Lipinski definition) is 6. The fraction of sp³-hybridized carbons (Fsp3) is 0.292. The highest BCUT2D eigenvalue weighted by molar-refractivity contribution is 5.73. The number of alkyl halides is 3. The second-order valence-electron chi connectivity index (χ2n) is 8.33. The van der Waals surface area contributed by atoms with Crippen LogP contribution in [0.15, 0.2) is 54.6 Å². The summed E-state index contributed by atoms with van der Waals surface area (Å²) in [6.45, 7) is 0.924. The Morgan fingerprint density at radius 1 is 1.15 bits per heavy atom. The largest absolute Gasteiger partial charge is 0.480 e. The molecule has 4 rings (SSSR count). The number of carbonyl (C=O) groups is 1. The lowest BCUT2D eigenvalue weighted by Crippen LogP contribution is -2.32. The summed E-state index contributed by atoms with van der Waals surface area (Å²) in [6.07, 6.45) is -3.65. The molecule has 2 aromatic carbocycles. The van der Waals surface area contributed by atoms with Gasteiger partial charge >= 0.3 is 12.1 Å². The van der Waals surface area contributed by atoms with E-state index in [0.29, 0.717) is 31.0 Å². The molecule has 0 radical (unpaired) electrons. The van der Waals surface area contributed by atoms with Gasteiger partial charge in [-0.1, -0.05) is 42.5 Å². The number of aromatic nitrogens is 2. The minimum absolute atomic E-state index is 0.0589. The van der Waals surface area contributed by atoms with Crippen LogP contribution in [-0.4, -0.2) is 40.2 Å². The Kier molecular flexibility index (Phi) is 6.43. The molecule has 1 aliphatic rings. The van der Waals surface area contributed by atoms with Crippen LogP contribution in [0.5, 0.6) is 0 Å². The predicted molar refractivity (Wildman–Crippen MR) is 122 cm³/mol. The molecule has 0 bridgehead atoms. The Labute approximate surface area is 194 Å². The van der Waals surface area contributed by atoms with Crippen LogP contribution >= 0.6 is 0 Å². The third kappa shape index (κ3) is 5.12. The summed E-state index contributed by atoms with van der Waals surface area (Å²) >= 11 is 0. The van der Waals surface area contributed by atoms with E-state index >= 15 is 0 Å². The van der Waals surface area contributed by atoms with Crippen molar-refractivity contribution in [2.24, 2.45) is 5.73 Å². The lowest BCUT2D eigenvalue weighted by molar-refractivity contribution is -0.139. The number of halogens is 3. The van der Waals surface area contributed by atoms with Crippen molar-refractivity contribution in [2.75, 3.05) is 23.7 Å². The lowest BCUT2D eigenvalue weighted by atomic mass is 9.93. The van der Waals surface area contributed by atoms with Gasteiger partial charge in [-0.3, -0.25) is 4.79 Å². The van der Waals surface area contributed by atoms with Gasteiger partial charge in [0.15, 0.2) is 0 Å². The maximum atomic E-state index is 13.5. The van der Waals surface area contributed by atoms with Gasteiger partial charge < -0.3 is 21.5 Å². The number of benzene rings is 2. The van der Waals surface area contributed by atoms with E-state index in [4.69, 9.17) is 16.6 Å². The summed E-state index contributed by atoms with van der Waals surface area (Å²) in [4.78, 5) is 21.5. The molecule has 2 heterocycles. The van der Waals surface area contributed by atoms with Gasteiger partial charge in [0.2, 0.25) is 5.95 Å². The number of nitrogens with two attached hydrogens (primary N) is 2. The third-order valence-corrected chi connectivity index (χ3v) is 5.97. The Balaban J connectivity index is 1.54. The molecule has 178 valence electrons. The number of nitrogens with zero attached hydrogens (tertiary/aromatic N) is 3. The monoisotopic (exact) mass is 471 g/mol. The van der Waals surface area contributed by atoms with Crippen molar-refractivity contribution in [1.29, 1.82) is 0 Å². The van der Waals surface area contributed by atoms with Gasteiger partial charge in [0, 0.05) is 30.6 Å². The minimum atomic E-state index is -4.41. The Morgan fingerprint density at radius 2 is 1.85 bits per heavy atom. The number of carboxylic acids is 1. The molecule has 1 aliphatic heterocycles. The quantitative estimate of drug-likeness (QED) is 0.502. The molecule has 0 aliphatic carbocycles. The number of anilines is 2. The molecule has 1 aromatic heterocycles. The maximum Gasteiger partial charge on any atom is 0.416 e. The zero-order valence-electron chi connectivity index (χ0n) is 18.2. The topological polar surface area (TPSA) is 118 Å². The average Bonchev–Trinajstić information content (AvgIpc) is 3.29. The molecule has 1 unspecified atom stereocenters. The molecule has 0 amide bonds. The van der Waals surface area contributed by atoms with E-state index in [9.17, 15) is 18.0 Å². The molecular weight excluding hydrogens is 447 g/mol. The van der Waals surface area contributed by atoms with Crippen LogP contribution in [0.1, 0.15) is 29.0 Å². The van der Waals surface area contributed by atoms with Crippen molar-refractivity contribution in [1.82, 2.24) is 9.97 Å². The van der Waals surface area contributed by atoms with E-state index in [1.165, 1.54) is 12.1 Å². The van der Waals surface area contributed by atoms with Crippen LogP contribution in [0.25, 0.3) is 11.3 Å². The van der Waals surface area contributed by atoms with Crippen LogP contribution in [0.3, 0.4) is 0 Å². The first-order chi connectivity index (χ1) is 16.1. The molecular formula is C24H24F3N5O2. The van der Waals surface area contributed by atoms with E-state index in [2.05, 4.69) is 9.97 Å². The predicted octanol–water partition coefficient (Wildman–Crippen LogP) is 3.69. The van der Waals surface area contributed by atoms with Crippen molar-refractivity contribution in [3.05, 3.63) is 71.3 Å². The zero-order chi connectivity index (χ0) is 24.5. The molecule has 1 saturated heterocycles. The maximum absolute atomic E-state index is 13.5. The lowest BCUT2D eigenvalue weighted by Gasteiger charge is -2.20. The third-order valence-electron chi connectivity index (χ3n) is 5.97.